The standard InChI is InChI=1S/C17H13ClN2O2/c1-22-15-5-4-11-8-13(3-2-12(11)9-15)17(21)20-14-6-7-19-16(18)10-14/h2-10H,1H3,(H,19,20,21). The molecule has 1 amide bonds. The predicted octanol–water partition coefficient (Wildman–Crippen LogP) is 4.15. The monoisotopic (exact) mass is 312 g/mol. The third-order valence-corrected chi connectivity index (χ3v) is 3.50. The molecule has 5 heteroatoms. The average Bonchev–Trinajstić information content (AvgIpc) is 2.53. The zero-order valence-corrected chi connectivity index (χ0v) is 12.6. The lowest BCUT2D eigenvalue weighted by atomic mass is 10.1. The number of fused-ring (bicyclic) bond motifs is 1. The Morgan fingerprint density at radius 2 is 1.86 bits per heavy atom. The molecule has 2 aromatic carbocycles. The highest BCUT2D eigenvalue weighted by Crippen LogP contribution is 2.22. The van der Waals surface area contributed by atoms with E-state index in [9.17, 15) is 4.79 Å². The van der Waals surface area contributed by atoms with Crippen LogP contribution in [0.25, 0.3) is 10.8 Å². The molecule has 0 aliphatic carbocycles. The number of ether oxygens (including phenoxy) is 1. The molecule has 1 N–H and O–H groups in total. The number of hydrogen-bond donors (Lipinski definition) is 1. The van der Waals surface area contributed by atoms with Crippen LogP contribution in [0.5, 0.6) is 5.75 Å². The number of nitrogens with zero attached hydrogens (tertiary/aromatic N) is 1. The molecule has 4 nitrogen and oxygen atoms in total. The molecule has 1 heterocycles. The molecule has 0 saturated heterocycles. The van der Waals surface area contributed by atoms with E-state index in [-0.39, 0.29) is 5.91 Å². The molecule has 0 spiro atoms. The van der Waals surface area contributed by atoms with E-state index in [4.69, 9.17) is 16.3 Å². The van der Waals surface area contributed by atoms with Gasteiger partial charge in [-0.05, 0) is 47.2 Å². The lowest BCUT2D eigenvalue weighted by Crippen LogP contribution is -2.11. The maximum absolute atomic E-state index is 12.3. The Balaban J connectivity index is 1.87. The quantitative estimate of drug-likeness (QED) is 0.739. The van der Waals surface area contributed by atoms with Crippen molar-refractivity contribution in [2.45, 2.75) is 0 Å². The molecule has 22 heavy (non-hydrogen) atoms. The van der Waals surface area contributed by atoms with E-state index in [0.29, 0.717) is 16.4 Å². The highest BCUT2D eigenvalue weighted by Gasteiger charge is 2.08. The van der Waals surface area contributed by atoms with Crippen LogP contribution in [-0.4, -0.2) is 18.0 Å². The van der Waals surface area contributed by atoms with Crippen LogP contribution in [0.3, 0.4) is 0 Å². The topological polar surface area (TPSA) is 51.2 Å². The SMILES string of the molecule is COc1ccc2cc(C(=O)Nc3ccnc(Cl)c3)ccc2c1. The van der Waals surface area contributed by atoms with Crippen LogP contribution >= 0.6 is 11.6 Å². The Labute approximate surface area is 132 Å². The first-order chi connectivity index (χ1) is 10.7. The van der Waals surface area contributed by atoms with E-state index in [0.717, 1.165) is 16.5 Å². The zero-order valence-electron chi connectivity index (χ0n) is 11.8. The smallest absolute Gasteiger partial charge is 0.255 e. The molecule has 3 rings (SSSR count). The largest absolute Gasteiger partial charge is 0.497 e. The van der Waals surface area contributed by atoms with Crippen LogP contribution in [-0.2, 0) is 0 Å². The molecule has 0 aliphatic rings. The second-order valence-electron chi connectivity index (χ2n) is 4.75. The molecule has 0 saturated carbocycles. The van der Waals surface area contributed by atoms with Crippen molar-refractivity contribution in [1.82, 2.24) is 4.98 Å². The number of anilines is 1. The molecule has 110 valence electrons. The molecule has 0 atom stereocenters. The van der Waals surface area contributed by atoms with Crippen LogP contribution in [0.4, 0.5) is 5.69 Å². The summed E-state index contributed by atoms with van der Waals surface area (Å²) in [6.45, 7) is 0. The fourth-order valence-corrected chi connectivity index (χ4v) is 2.35. The van der Waals surface area contributed by atoms with Crippen molar-refractivity contribution >= 4 is 34.0 Å². The van der Waals surface area contributed by atoms with Gasteiger partial charge in [0.1, 0.15) is 10.9 Å². The van der Waals surface area contributed by atoms with Gasteiger partial charge in [0, 0.05) is 17.4 Å². The normalized spacial score (nSPS) is 10.5. The van der Waals surface area contributed by atoms with Gasteiger partial charge in [-0.1, -0.05) is 23.7 Å². The van der Waals surface area contributed by atoms with E-state index in [1.807, 2.05) is 30.3 Å². The summed E-state index contributed by atoms with van der Waals surface area (Å²) >= 11 is 5.81. The number of amides is 1. The Morgan fingerprint density at radius 1 is 1.09 bits per heavy atom. The number of halogens is 1. The Hall–Kier alpha value is -2.59. The van der Waals surface area contributed by atoms with Crippen molar-refractivity contribution in [3.63, 3.8) is 0 Å². The van der Waals surface area contributed by atoms with Crippen molar-refractivity contribution in [1.29, 1.82) is 0 Å². The van der Waals surface area contributed by atoms with E-state index >= 15 is 0 Å². The van der Waals surface area contributed by atoms with Crippen LogP contribution in [0, 0.1) is 0 Å². The minimum absolute atomic E-state index is 0.194. The second kappa shape index (κ2) is 6.03. The molecule has 0 bridgehead atoms. The number of benzene rings is 2. The summed E-state index contributed by atoms with van der Waals surface area (Å²) in [7, 11) is 1.63. The van der Waals surface area contributed by atoms with Crippen molar-refractivity contribution in [2.24, 2.45) is 0 Å². The van der Waals surface area contributed by atoms with E-state index in [1.165, 1.54) is 0 Å². The Kier molecular flexibility index (Phi) is 3.94. The summed E-state index contributed by atoms with van der Waals surface area (Å²) in [6, 6.07) is 14.5. The van der Waals surface area contributed by atoms with Gasteiger partial charge in [0.25, 0.3) is 5.91 Å². The first-order valence-electron chi connectivity index (χ1n) is 6.66. The minimum atomic E-state index is -0.194. The summed E-state index contributed by atoms with van der Waals surface area (Å²) in [5, 5.41) is 5.12. The molecular weight excluding hydrogens is 300 g/mol. The van der Waals surface area contributed by atoms with Gasteiger partial charge in [0.15, 0.2) is 0 Å². The van der Waals surface area contributed by atoms with Crippen LogP contribution in [0.15, 0.2) is 54.7 Å². The van der Waals surface area contributed by atoms with Crippen LogP contribution in [0.1, 0.15) is 10.4 Å². The summed E-state index contributed by atoms with van der Waals surface area (Å²) in [5.74, 6) is 0.594. The maximum Gasteiger partial charge on any atom is 0.255 e. The average molecular weight is 313 g/mol. The fraction of sp³-hybridized carbons (Fsp3) is 0.0588. The van der Waals surface area contributed by atoms with Gasteiger partial charge in [-0.2, -0.15) is 0 Å². The summed E-state index contributed by atoms with van der Waals surface area (Å²) in [5.41, 5.74) is 1.19. The maximum atomic E-state index is 12.3. The lowest BCUT2D eigenvalue weighted by molar-refractivity contribution is 0.102. The summed E-state index contributed by atoms with van der Waals surface area (Å²) in [6.07, 6.45) is 1.55. The fourth-order valence-electron chi connectivity index (χ4n) is 2.18. The first kappa shape index (κ1) is 14.4. The molecule has 3 aromatic rings. The molecule has 0 aliphatic heterocycles. The molecule has 1 aromatic heterocycles. The third-order valence-electron chi connectivity index (χ3n) is 3.29. The van der Waals surface area contributed by atoms with Gasteiger partial charge < -0.3 is 10.1 Å². The predicted molar refractivity (Wildman–Crippen MR) is 87.7 cm³/mol. The number of aromatic nitrogens is 1. The summed E-state index contributed by atoms with van der Waals surface area (Å²) < 4.78 is 5.19. The van der Waals surface area contributed by atoms with E-state index in [1.54, 1.807) is 31.5 Å². The first-order valence-corrected chi connectivity index (χ1v) is 7.04. The highest BCUT2D eigenvalue weighted by atomic mass is 35.5. The van der Waals surface area contributed by atoms with Crippen molar-refractivity contribution < 1.29 is 9.53 Å². The van der Waals surface area contributed by atoms with E-state index in [2.05, 4.69) is 10.3 Å². The number of rotatable bonds is 3. The van der Waals surface area contributed by atoms with E-state index < -0.39 is 0 Å². The van der Waals surface area contributed by atoms with Gasteiger partial charge in [-0.25, -0.2) is 4.98 Å². The third kappa shape index (κ3) is 3.02. The number of carbonyl (C=O) groups excluding carboxylic acids is 1. The number of pyridine rings is 1. The minimum Gasteiger partial charge on any atom is -0.497 e. The van der Waals surface area contributed by atoms with Gasteiger partial charge >= 0.3 is 0 Å². The van der Waals surface area contributed by atoms with Crippen molar-refractivity contribution in [2.75, 3.05) is 12.4 Å². The number of carbonyl (C=O) groups is 1. The van der Waals surface area contributed by atoms with Gasteiger partial charge in [0.2, 0.25) is 0 Å². The lowest BCUT2D eigenvalue weighted by Gasteiger charge is -2.07. The molecule has 0 fully saturated rings. The number of nitrogens with one attached hydrogen (secondary N) is 1. The molecular formula is C17H13ClN2O2. The van der Waals surface area contributed by atoms with Gasteiger partial charge in [-0.15, -0.1) is 0 Å². The van der Waals surface area contributed by atoms with Crippen molar-refractivity contribution in [3.05, 3.63) is 65.4 Å². The van der Waals surface area contributed by atoms with Crippen LogP contribution in [0.2, 0.25) is 5.15 Å². The number of methoxy groups -OCH3 is 1. The van der Waals surface area contributed by atoms with Gasteiger partial charge in [-0.3, -0.25) is 4.79 Å². The summed E-state index contributed by atoms with van der Waals surface area (Å²) in [4.78, 5) is 16.2. The van der Waals surface area contributed by atoms with Gasteiger partial charge in [0.05, 0.1) is 7.11 Å². The molecule has 0 radical (unpaired) electrons. The molecule has 0 unspecified atom stereocenters. The zero-order chi connectivity index (χ0) is 15.5. The Morgan fingerprint density at radius 3 is 2.64 bits per heavy atom. The Bertz CT molecular complexity index is 849. The van der Waals surface area contributed by atoms with Crippen LogP contribution < -0.4 is 10.1 Å². The highest BCUT2D eigenvalue weighted by molar-refractivity contribution is 6.29. The number of hydrogen-bond acceptors (Lipinski definition) is 3. The second-order valence-corrected chi connectivity index (χ2v) is 5.14. The van der Waals surface area contributed by atoms with Crippen molar-refractivity contribution in [3.8, 4) is 5.75 Å².